The normalized spacial score (nSPS) is 15.3. The molecule has 3 rings (SSSR count). The summed E-state index contributed by atoms with van der Waals surface area (Å²) in [6, 6.07) is 10.9. The summed E-state index contributed by atoms with van der Waals surface area (Å²) in [6.45, 7) is 5.50. The first-order chi connectivity index (χ1) is 13.9. The number of carbonyl (C=O) groups excluding carboxylic acids is 3. The SMILES string of the molecule is CCc1cccc(CC)c1NC(=O)COC(=O)c1ccc2c(c1)NC(=O)C(C)S2. The topological polar surface area (TPSA) is 84.5 Å². The molecule has 0 aliphatic carbocycles. The molecule has 2 amide bonds. The summed E-state index contributed by atoms with van der Waals surface area (Å²) in [5, 5.41) is 5.48. The van der Waals surface area contributed by atoms with Crippen molar-refractivity contribution in [2.45, 2.75) is 43.8 Å². The highest BCUT2D eigenvalue weighted by atomic mass is 32.2. The maximum absolute atomic E-state index is 12.4. The first-order valence-corrected chi connectivity index (χ1v) is 10.5. The molecule has 1 atom stereocenters. The molecular weight excluding hydrogens is 388 g/mol. The van der Waals surface area contributed by atoms with Crippen molar-refractivity contribution >= 4 is 40.9 Å². The van der Waals surface area contributed by atoms with Crippen LogP contribution in [0.25, 0.3) is 0 Å². The molecule has 29 heavy (non-hydrogen) atoms. The van der Waals surface area contributed by atoms with Gasteiger partial charge in [0.1, 0.15) is 0 Å². The Hall–Kier alpha value is -2.80. The number of aryl methyl sites for hydroxylation is 2. The van der Waals surface area contributed by atoms with Crippen LogP contribution in [0.1, 0.15) is 42.3 Å². The second kappa shape index (κ2) is 9.13. The van der Waals surface area contributed by atoms with Crippen molar-refractivity contribution in [3.63, 3.8) is 0 Å². The summed E-state index contributed by atoms with van der Waals surface area (Å²) in [5.74, 6) is -1.10. The van der Waals surface area contributed by atoms with Gasteiger partial charge in [0.25, 0.3) is 5.91 Å². The van der Waals surface area contributed by atoms with Gasteiger partial charge in [-0.25, -0.2) is 4.79 Å². The fraction of sp³-hybridized carbons (Fsp3) is 0.318. The molecule has 0 radical (unpaired) electrons. The van der Waals surface area contributed by atoms with Crippen molar-refractivity contribution < 1.29 is 19.1 Å². The van der Waals surface area contributed by atoms with E-state index in [1.54, 1.807) is 18.2 Å². The first kappa shape index (κ1) is 20.9. The molecule has 0 saturated heterocycles. The number of carbonyl (C=O) groups is 3. The van der Waals surface area contributed by atoms with Gasteiger partial charge in [-0.2, -0.15) is 0 Å². The number of para-hydroxylation sites is 1. The van der Waals surface area contributed by atoms with E-state index in [9.17, 15) is 14.4 Å². The van der Waals surface area contributed by atoms with Gasteiger partial charge in [-0.1, -0.05) is 32.0 Å². The standard InChI is InChI=1S/C22H24N2O4S/c1-4-14-7-6-8-15(5-2)20(14)24-19(25)12-28-22(27)16-9-10-18-17(11-16)23-21(26)13(3)29-18/h6-11,13H,4-5,12H2,1-3H3,(H,23,26)(H,24,25). The molecule has 2 N–H and O–H groups in total. The van der Waals surface area contributed by atoms with Gasteiger partial charge in [0.2, 0.25) is 5.91 Å². The summed E-state index contributed by atoms with van der Waals surface area (Å²) < 4.78 is 5.18. The Morgan fingerprint density at radius 1 is 1.14 bits per heavy atom. The Morgan fingerprint density at radius 3 is 2.48 bits per heavy atom. The van der Waals surface area contributed by atoms with Crippen LogP contribution >= 0.6 is 11.8 Å². The molecule has 1 unspecified atom stereocenters. The molecule has 0 spiro atoms. The number of anilines is 2. The van der Waals surface area contributed by atoms with E-state index in [1.165, 1.54) is 11.8 Å². The van der Waals surface area contributed by atoms with Gasteiger partial charge in [-0.3, -0.25) is 9.59 Å². The minimum absolute atomic E-state index is 0.103. The zero-order chi connectivity index (χ0) is 21.0. The van der Waals surface area contributed by atoms with E-state index in [0.29, 0.717) is 5.69 Å². The average molecular weight is 413 g/mol. The number of esters is 1. The number of thioether (sulfide) groups is 1. The maximum Gasteiger partial charge on any atom is 0.338 e. The highest BCUT2D eigenvalue weighted by Crippen LogP contribution is 2.36. The molecule has 1 heterocycles. The van der Waals surface area contributed by atoms with Gasteiger partial charge in [0, 0.05) is 10.6 Å². The minimum Gasteiger partial charge on any atom is -0.452 e. The largest absolute Gasteiger partial charge is 0.452 e. The second-order valence-electron chi connectivity index (χ2n) is 6.74. The van der Waals surface area contributed by atoms with Crippen LogP contribution in [-0.2, 0) is 27.2 Å². The second-order valence-corrected chi connectivity index (χ2v) is 8.13. The quantitative estimate of drug-likeness (QED) is 0.700. The number of hydrogen-bond acceptors (Lipinski definition) is 5. The van der Waals surface area contributed by atoms with Gasteiger partial charge in [0.15, 0.2) is 6.61 Å². The number of fused-ring (bicyclic) bond motifs is 1. The van der Waals surface area contributed by atoms with Gasteiger partial charge in [0.05, 0.1) is 16.5 Å². The average Bonchev–Trinajstić information content (AvgIpc) is 2.72. The fourth-order valence-electron chi connectivity index (χ4n) is 3.13. The number of amides is 2. The summed E-state index contributed by atoms with van der Waals surface area (Å²) in [6.07, 6.45) is 1.58. The Balaban J connectivity index is 1.64. The van der Waals surface area contributed by atoms with Crippen LogP contribution in [0.4, 0.5) is 11.4 Å². The van der Waals surface area contributed by atoms with E-state index < -0.39 is 5.97 Å². The van der Waals surface area contributed by atoms with Crippen LogP contribution in [0.3, 0.4) is 0 Å². The Kier molecular flexibility index (Phi) is 6.59. The van der Waals surface area contributed by atoms with E-state index in [2.05, 4.69) is 10.6 Å². The van der Waals surface area contributed by atoms with Crippen LogP contribution < -0.4 is 10.6 Å². The van der Waals surface area contributed by atoms with Crippen molar-refractivity contribution in [1.82, 2.24) is 0 Å². The van der Waals surface area contributed by atoms with Crippen molar-refractivity contribution in [2.75, 3.05) is 17.2 Å². The molecule has 152 valence electrons. The Bertz CT molecular complexity index is 936. The highest BCUT2D eigenvalue weighted by Gasteiger charge is 2.24. The van der Waals surface area contributed by atoms with E-state index in [-0.39, 0.29) is 29.2 Å². The molecule has 0 aromatic heterocycles. The van der Waals surface area contributed by atoms with Gasteiger partial charge in [-0.15, -0.1) is 11.8 Å². The van der Waals surface area contributed by atoms with E-state index in [1.807, 2.05) is 39.0 Å². The molecule has 2 aromatic rings. The van der Waals surface area contributed by atoms with Crippen molar-refractivity contribution in [2.24, 2.45) is 0 Å². The van der Waals surface area contributed by atoms with Crippen molar-refractivity contribution in [3.8, 4) is 0 Å². The zero-order valence-corrected chi connectivity index (χ0v) is 17.5. The third-order valence-corrected chi connectivity index (χ3v) is 5.92. The van der Waals surface area contributed by atoms with Gasteiger partial charge in [-0.05, 0) is 49.1 Å². The predicted octanol–water partition coefficient (Wildman–Crippen LogP) is 4.04. The molecule has 7 heteroatoms. The summed E-state index contributed by atoms with van der Waals surface area (Å²) in [5.41, 5.74) is 3.75. The zero-order valence-electron chi connectivity index (χ0n) is 16.7. The molecule has 1 aliphatic rings. The molecule has 1 aliphatic heterocycles. The van der Waals surface area contributed by atoms with Gasteiger partial charge >= 0.3 is 5.97 Å². The fourth-order valence-corrected chi connectivity index (χ4v) is 4.06. The van der Waals surface area contributed by atoms with Crippen LogP contribution in [0, 0.1) is 0 Å². The van der Waals surface area contributed by atoms with Crippen LogP contribution in [0.5, 0.6) is 0 Å². The van der Waals surface area contributed by atoms with Crippen molar-refractivity contribution in [1.29, 1.82) is 0 Å². The van der Waals surface area contributed by atoms with E-state index >= 15 is 0 Å². The lowest BCUT2D eigenvalue weighted by atomic mass is 10.0. The maximum atomic E-state index is 12.4. The van der Waals surface area contributed by atoms with Crippen LogP contribution in [0.2, 0.25) is 0 Å². The minimum atomic E-state index is -0.611. The number of hydrogen-bond donors (Lipinski definition) is 2. The molecule has 0 bridgehead atoms. The highest BCUT2D eigenvalue weighted by molar-refractivity contribution is 8.00. The molecule has 0 saturated carbocycles. The Morgan fingerprint density at radius 2 is 1.83 bits per heavy atom. The Labute approximate surface area is 174 Å². The van der Waals surface area contributed by atoms with E-state index in [4.69, 9.17) is 4.74 Å². The number of rotatable bonds is 6. The lowest BCUT2D eigenvalue weighted by molar-refractivity contribution is -0.119. The van der Waals surface area contributed by atoms with Crippen LogP contribution in [-0.4, -0.2) is 29.6 Å². The smallest absolute Gasteiger partial charge is 0.338 e. The number of benzene rings is 2. The van der Waals surface area contributed by atoms with Crippen molar-refractivity contribution in [3.05, 3.63) is 53.1 Å². The molecule has 6 nitrogen and oxygen atoms in total. The lowest BCUT2D eigenvalue weighted by Crippen LogP contribution is -2.26. The number of nitrogens with one attached hydrogen (secondary N) is 2. The lowest BCUT2D eigenvalue weighted by Gasteiger charge is -2.21. The summed E-state index contributed by atoms with van der Waals surface area (Å²) in [7, 11) is 0. The van der Waals surface area contributed by atoms with E-state index in [0.717, 1.165) is 34.6 Å². The predicted molar refractivity (Wildman–Crippen MR) is 115 cm³/mol. The third-order valence-electron chi connectivity index (χ3n) is 4.74. The number of ether oxygens (including phenoxy) is 1. The molecular formula is C22H24N2O4S. The van der Waals surface area contributed by atoms with Gasteiger partial charge < -0.3 is 15.4 Å². The monoisotopic (exact) mass is 412 g/mol. The molecule has 0 fully saturated rings. The first-order valence-electron chi connectivity index (χ1n) is 9.62. The van der Waals surface area contributed by atoms with Crippen LogP contribution in [0.15, 0.2) is 41.3 Å². The molecule has 2 aromatic carbocycles. The third kappa shape index (κ3) is 4.79. The summed E-state index contributed by atoms with van der Waals surface area (Å²) in [4.78, 5) is 37.4. The summed E-state index contributed by atoms with van der Waals surface area (Å²) >= 11 is 1.44.